The molecule has 0 aromatic rings. The average Bonchev–Trinajstić information content (AvgIpc) is 2.49. The van der Waals surface area contributed by atoms with E-state index in [-0.39, 0.29) is 0 Å². The van der Waals surface area contributed by atoms with Crippen LogP contribution in [0.3, 0.4) is 0 Å². The van der Waals surface area contributed by atoms with Crippen molar-refractivity contribution in [3.8, 4) is 0 Å². The normalized spacial score (nSPS) is 30.9. The maximum atomic E-state index is 11.5. The molecule has 100 valence electrons. The molecule has 0 spiro atoms. The number of nitrogens with zero attached hydrogens (tertiary/aromatic N) is 1. The van der Waals surface area contributed by atoms with E-state index in [0.717, 1.165) is 45.7 Å². The third-order valence-corrected chi connectivity index (χ3v) is 5.16. The van der Waals surface area contributed by atoms with Crippen LogP contribution in [0.1, 0.15) is 12.8 Å². The quantitative estimate of drug-likeness (QED) is 0.742. The Morgan fingerprint density at radius 3 is 2.94 bits per heavy atom. The third kappa shape index (κ3) is 4.54. The summed E-state index contributed by atoms with van der Waals surface area (Å²) in [5, 5.41) is 3.42. The number of morpholine rings is 1. The molecule has 6 heteroatoms. The first-order valence-electron chi connectivity index (χ1n) is 6.40. The van der Waals surface area contributed by atoms with E-state index in [0.29, 0.717) is 24.1 Å². The Bertz CT molecular complexity index is 326. The van der Waals surface area contributed by atoms with Crippen molar-refractivity contribution in [2.75, 3.05) is 50.9 Å². The molecular weight excluding hydrogens is 240 g/mol. The Morgan fingerprint density at radius 2 is 2.18 bits per heavy atom. The van der Waals surface area contributed by atoms with Gasteiger partial charge in [0, 0.05) is 19.1 Å². The number of rotatable bonds is 3. The van der Waals surface area contributed by atoms with Crippen molar-refractivity contribution in [2.24, 2.45) is 0 Å². The fraction of sp³-hybridized carbons (Fsp3) is 1.00. The standard InChI is InChI=1S/C11H22N2O3S/c14-17(15)8-1-4-13(6-9-17)5-2-11-10-16-7-3-12-11/h11-12H,1-10H2. The molecule has 0 radical (unpaired) electrons. The zero-order chi connectivity index (χ0) is 12.1. The first-order valence-corrected chi connectivity index (χ1v) is 8.22. The van der Waals surface area contributed by atoms with Gasteiger partial charge in [0.15, 0.2) is 9.84 Å². The van der Waals surface area contributed by atoms with E-state index in [9.17, 15) is 8.42 Å². The highest BCUT2D eigenvalue weighted by Crippen LogP contribution is 2.07. The van der Waals surface area contributed by atoms with Gasteiger partial charge in [-0.1, -0.05) is 0 Å². The molecule has 0 bridgehead atoms. The summed E-state index contributed by atoms with van der Waals surface area (Å²) in [6, 6.07) is 0.434. The molecule has 0 saturated carbocycles. The molecule has 0 aromatic heterocycles. The average molecular weight is 262 g/mol. The SMILES string of the molecule is O=S1(=O)CCCN(CCC2COCCN2)CC1. The largest absolute Gasteiger partial charge is 0.379 e. The van der Waals surface area contributed by atoms with Crippen molar-refractivity contribution in [2.45, 2.75) is 18.9 Å². The molecule has 2 aliphatic rings. The molecule has 1 unspecified atom stereocenters. The number of ether oxygens (including phenoxy) is 1. The molecular formula is C11H22N2O3S. The van der Waals surface area contributed by atoms with Gasteiger partial charge in [0.25, 0.3) is 0 Å². The lowest BCUT2D eigenvalue weighted by molar-refractivity contribution is 0.0703. The van der Waals surface area contributed by atoms with Gasteiger partial charge in [-0.15, -0.1) is 0 Å². The summed E-state index contributed by atoms with van der Waals surface area (Å²) in [7, 11) is -2.78. The fourth-order valence-corrected chi connectivity index (χ4v) is 3.67. The van der Waals surface area contributed by atoms with E-state index in [1.807, 2.05) is 0 Å². The molecule has 2 rings (SSSR count). The lowest BCUT2D eigenvalue weighted by atomic mass is 10.2. The summed E-state index contributed by atoms with van der Waals surface area (Å²) in [5.74, 6) is 0.676. The summed E-state index contributed by atoms with van der Waals surface area (Å²) in [4.78, 5) is 2.26. The molecule has 2 fully saturated rings. The van der Waals surface area contributed by atoms with Crippen LogP contribution in [-0.4, -0.2) is 70.3 Å². The van der Waals surface area contributed by atoms with E-state index >= 15 is 0 Å². The molecule has 0 aliphatic carbocycles. The lowest BCUT2D eigenvalue weighted by Crippen LogP contribution is -2.43. The van der Waals surface area contributed by atoms with Crippen molar-refractivity contribution in [3.63, 3.8) is 0 Å². The summed E-state index contributed by atoms with van der Waals surface area (Å²) < 4.78 is 28.3. The number of sulfone groups is 1. The number of hydrogen-bond acceptors (Lipinski definition) is 5. The van der Waals surface area contributed by atoms with Gasteiger partial charge in [0.1, 0.15) is 0 Å². The second kappa shape index (κ2) is 6.13. The summed E-state index contributed by atoms with van der Waals surface area (Å²) in [6.07, 6.45) is 1.82. The zero-order valence-electron chi connectivity index (χ0n) is 10.2. The maximum absolute atomic E-state index is 11.5. The Kier molecular flexibility index (Phi) is 4.78. The summed E-state index contributed by atoms with van der Waals surface area (Å²) in [6.45, 7) is 5.09. The van der Waals surface area contributed by atoms with Gasteiger partial charge in [0.05, 0.1) is 24.7 Å². The topological polar surface area (TPSA) is 58.6 Å². The second-order valence-corrected chi connectivity index (χ2v) is 7.17. The highest BCUT2D eigenvalue weighted by atomic mass is 32.2. The van der Waals surface area contributed by atoms with E-state index in [1.54, 1.807) is 0 Å². The highest BCUT2D eigenvalue weighted by Gasteiger charge is 2.20. The van der Waals surface area contributed by atoms with Gasteiger partial charge in [-0.2, -0.15) is 0 Å². The van der Waals surface area contributed by atoms with Crippen LogP contribution in [0, 0.1) is 0 Å². The molecule has 2 aliphatic heterocycles. The van der Waals surface area contributed by atoms with E-state index in [1.165, 1.54) is 0 Å². The van der Waals surface area contributed by atoms with Crippen molar-refractivity contribution >= 4 is 9.84 Å². The molecule has 1 atom stereocenters. The van der Waals surface area contributed by atoms with Crippen molar-refractivity contribution in [1.82, 2.24) is 10.2 Å². The Morgan fingerprint density at radius 1 is 1.29 bits per heavy atom. The van der Waals surface area contributed by atoms with Crippen LogP contribution in [-0.2, 0) is 14.6 Å². The van der Waals surface area contributed by atoms with Gasteiger partial charge in [0.2, 0.25) is 0 Å². The van der Waals surface area contributed by atoms with E-state index < -0.39 is 9.84 Å². The van der Waals surface area contributed by atoms with Gasteiger partial charge < -0.3 is 15.0 Å². The third-order valence-electron chi connectivity index (χ3n) is 3.44. The molecule has 0 aromatic carbocycles. The van der Waals surface area contributed by atoms with Crippen molar-refractivity contribution < 1.29 is 13.2 Å². The van der Waals surface area contributed by atoms with E-state index in [2.05, 4.69) is 10.2 Å². The minimum atomic E-state index is -2.78. The number of hydrogen-bond donors (Lipinski definition) is 1. The predicted molar refractivity (Wildman–Crippen MR) is 66.9 cm³/mol. The minimum absolute atomic E-state index is 0.321. The second-order valence-electron chi connectivity index (χ2n) is 4.86. The molecule has 17 heavy (non-hydrogen) atoms. The first kappa shape index (κ1) is 13.3. The summed E-state index contributed by atoms with van der Waals surface area (Å²) >= 11 is 0. The van der Waals surface area contributed by atoms with Crippen LogP contribution in [0.5, 0.6) is 0 Å². The van der Waals surface area contributed by atoms with Crippen LogP contribution < -0.4 is 5.32 Å². The van der Waals surface area contributed by atoms with Gasteiger partial charge in [-0.05, 0) is 25.9 Å². The molecule has 0 amide bonds. The monoisotopic (exact) mass is 262 g/mol. The van der Waals surface area contributed by atoms with E-state index in [4.69, 9.17) is 4.74 Å². The van der Waals surface area contributed by atoms with Gasteiger partial charge in [-0.25, -0.2) is 8.42 Å². The summed E-state index contributed by atoms with van der Waals surface area (Å²) in [5.41, 5.74) is 0. The van der Waals surface area contributed by atoms with Crippen LogP contribution in [0.15, 0.2) is 0 Å². The molecule has 5 nitrogen and oxygen atoms in total. The molecule has 1 N–H and O–H groups in total. The Labute approximate surface area is 103 Å². The number of nitrogens with one attached hydrogen (secondary N) is 1. The Balaban J connectivity index is 1.71. The van der Waals surface area contributed by atoms with Gasteiger partial charge >= 0.3 is 0 Å². The minimum Gasteiger partial charge on any atom is -0.379 e. The predicted octanol–water partition coefficient (Wildman–Crippen LogP) is -0.515. The fourth-order valence-electron chi connectivity index (χ4n) is 2.36. The van der Waals surface area contributed by atoms with Crippen molar-refractivity contribution in [1.29, 1.82) is 0 Å². The van der Waals surface area contributed by atoms with Crippen LogP contribution in [0.25, 0.3) is 0 Å². The highest BCUT2D eigenvalue weighted by molar-refractivity contribution is 7.91. The first-order chi connectivity index (χ1) is 8.16. The molecule has 2 heterocycles. The van der Waals surface area contributed by atoms with Crippen LogP contribution in [0.2, 0.25) is 0 Å². The Hall–Kier alpha value is -0.170. The lowest BCUT2D eigenvalue weighted by Gasteiger charge is -2.27. The van der Waals surface area contributed by atoms with Crippen LogP contribution >= 0.6 is 0 Å². The maximum Gasteiger partial charge on any atom is 0.151 e. The zero-order valence-corrected chi connectivity index (χ0v) is 11.0. The molecule has 2 saturated heterocycles. The van der Waals surface area contributed by atoms with Crippen molar-refractivity contribution in [3.05, 3.63) is 0 Å². The van der Waals surface area contributed by atoms with Gasteiger partial charge in [-0.3, -0.25) is 0 Å². The smallest absolute Gasteiger partial charge is 0.151 e. The van der Waals surface area contributed by atoms with Crippen LogP contribution in [0.4, 0.5) is 0 Å².